The molecular formula is C15H30BNO5. The van der Waals surface area contributed by atoms with Gasteiger partial charge in [-0.15, -0.1) is 0 Å². The van der Waals surface area contributed by atoms with Crippen LogP contribution in [0.1, 0.15) is 48.5 Å². The minimum atomic E-state index is -0.536. The van der Waals surface area contributed by atoms with E-state index in [0.29, 0.717) is 12.9 Å². The van der Waals surface area contributed by atoms with Crippen LogP contribution in [0.4, 0.5) is 4.79 Å². The first-order valence-electron chi connectivity index (χ1n) is 7.70. The molecule has 0 aliphatic carbocycles. The summed E-state index contributed by atoms with van der Waals surface area (Å²) in [5.74, 6) is 0. The zero-order valence-corrected chi connectivity index (χ0v) is 15.1. The molecule has 7 heteroatoms. The molecule has 1 N–H and O–H groups in total. The number of nitrogens with one attached hydrogen (secondary N) is 1. The molecule has 0 saturated carbocycles. The van der Waals surface area contributed by atoms with Gasteiger partial charge in [0.15, 0.2) is 0 Å². The monoisotopic (exact) mass is 315 g/mol. The van der Waals surface area contributed by atoms with Gasteiger partial charge in [-0.1, -0.05) is 0 Å². The Morgan fingerprint density at radius 1 is 1.18 bits per heavy atom. The van der Waals surface area contributed by atoms with E-state index in [2.05, 4.69) is 5.32 Å². The topological polar surface area (TPSA) is 66.0 Å². The molecule has 1 atom stereocenters. The van der Waals surface area contributed by atoms with Crippen LogP contribution < -0.4 is 5.32 Å². The van der Waals surface area contributed by atoms with Crippen molar-refractivity contribution >= 4 is 13.2 Å². The summed E-state index contributed by atoms with van der Waals surface area (Å²) in [5.41, 5.74) is -1.31. The molecule has 1 aliphatic rings. The van der Waals surface area contributed by atoms with Gasteiger partial charge in [0.05, 0.1) is 23.9 Å². The Kier molecular flexibility index (Phi) is 5.92. The van der Waals surface area contributed by atoms with E-state index < -0.39 is 11.7 Å². The third-order valence-electron chi connectivity index (χ3n) is 3.87. The van der Waals surface area contributed by atoms with Gasteiger partial charge in [0.2, 0.25) is 0 Å². The van der Waals surface area contributed by atoms with Crippen LogP contribution in [0.5, 0.6) is 0 Å². The van der Waals surface area contributed by atoms with Gasteiger partial charge in [-0.2, -0.15) is 0 Å². The fourth-order valence-corrected chi connectivity index (χ4v) is 2.14. The first kappa shape index (κ1) is 19.3. The normalized spacial score (nSPS) is 21.5. The van der Waals surface area contributed by atoms with E-state index in [9.17, 15) is 4.79 Å². The average molecular weight is 315 g/mol. The van der Waals surface area contributed by atoms with Crippen LogP contribution in [0.3, 0.4) is 0 Å². The van der Waals surface area contributed by atoms with E-state index in [0.717, 1.165) is 0 Å². The maximum absolute atomic E-state index is 11.9. The SMILES string of the molecule is COC[C@@H](CB1OC(C)(C)C(C)(C)O1)NC(=O)OC(C)(C)C. The lowest BCUT2D eigenvalue weighted by Gasteiger charge is -2.32. The summed E-state index contributed by atoms with van der Waals surface area (Å²) in [5, 5.41) is 2.81. The number of ether oxygens (including phenoxy) is 2. The van der Waals surface area contributed by atoms with Crippen molar-refractivity contribution in [1.82, 2.24) is 5.32 Å². The van der Waals surface area contributed by atoms with Crippen LogP contribution in [-0.2, 0) is 18.8 Å². The fourth-order valence-electron chi connectivity index (χ4n) is 2.14. The molecule has 0 aromatic rings. The number of carbonyl (C=O) groups excluding carboxylic acids is 1. The highest BCUT2D eigenvalue weighted by atomic mass is 16.7. The first-order valence-corrected chi connectivity index (χ1v) is 7.70. The molecule has 0 bridgehead atoms. The standard InChI is InChI=1S/C15H30BNO5/c1-13(2,3)20-12(18)17-11(10-19-8)9-16-21-14(4,5)15(6,7)22-16/h11H,9-10H2,1-8H3,(H,17,18)/t11-/m1/s1. The number of amides is 1. The summed E-state index contributed by atoms with van der Waals surface area (Å²) in [6.45, 7) is 13.8. The van der Waals surface area contributed by atoms with Crippen molar-refractivity contribution < 1.29 is 23.6 Å². The van der Waals surface area contributed by atoms with Gasteiger partial charge in [0, 0.05) is 13.4 Å². The molecule has 1 amide bonds. The highest BCUT2D eigenvalue weighted by molar-refractivity contribution is 6.45. The van der Waals surface area contributed by atoms with E-state index in [1.165, 1.54) is 0 Å². The number of carbonyl (C=O) groups is 1. The van der Waals surface area contributed by atoms with Crippen LogP contribution in [0.2, 0.25) is 6.32 Å². The molecular weight excluding hydrogens is 285 g/mol. The summed E-state index contributed by atoms with van der Waals surface area (Å²) in [7, 11) is 1.20. The second kappa shape index (κ2) is 6.77. The molecule has 0 unspecified atom stereocenters. The van der Waals surface area contributed by atoms with Gasteiger partial charge in [0.1, 0.15) is 5.60 Å². The summed E-state index contributed by atoms with van der Waals surface area (Å²) in [4.78, 5) is 11.9. The third-order valence-corrected chi connectivity index (χ3v) is 3.87. The van der Waals surface area contributed by atoms with E-state index in [-0.39, 0.29) is 24.4 Å². The minimum absolute atomic E-state index is 0.241. The van der Waals surface area contributed by atoms with Gasteiger partial charge in [-0.25, -0.2) is 4.79 Å². The van der Waals surface area contributed by atoms with E-state index in [4.69, 9.17) is 18.8 Å². The highest BCUT2D eigenvalue weighted by Gasteiger charge is 2.51. The Hall–Kier alpha value is -0.785. The van der Waals surface area contributed by atoms with Crippen molar-refractivity contribution in [2.45, 2.75) is 77.6 Å². The summed E-state index contributed by atoms with van der Waals surface area (Å²) >= 11 is 0. The molecule has 1 fully saturated rings. The smallest absolute Gasteiger partial charge is 0.444 e. The molecule has 22 heavy (non-hydrogen) atoms. The van der Waals surface area contributed by atoms with E-state index in [1.54, 1.807) is 7.11 Å². The first-order chi connectivity index (χ1) is 9.86. The zero-order chi connectivity index (χ0) is 17.2. The lowest BCUT2D eigenvalue weighted by atomic mass is 9.80. The lowest BCUT2D eigenvalue weighted by Crippen LogP contribution is -2.43. The fraction of sp³-hybridized carbons (Fsp3) is 0.933. The van der Waals surface area contributed by atoms with Gasteiger partial charge in [0.25, 0.3) is 0 Å². The summed E-state index contributed by atoms with van der Waals surface area (Å²) in [6, 6.07) is -0.241. The van der Waals surface area contributed by atoms with Crippen LogP contribution >= 0.6 is 0 Å². The number of alkyl carbamates (subject to hydrolysis) is 1. The maximum Gasteiger partial charge on any atom is 0.460 e. The Bertz CT molecular complexity index is 376. The molecule has 6 nitrogen and oxygen atoms in total. The van der Waals surface area contributed by atoms with Crippen molar-refractivity contribution in [3.8, 4) is 0 Å². The van der Waals surface area contributed by atoms with Crippen molar-refractivity contribution in [3.63, 3.8) is 0 Å². The largest absolute Gasteiger partial charge is 0.460 e. The van der Waals surface area contributed by atoms with Crippen LogP contribution in [-0.4, -0.2) is 49.8 Å². The van der Waals surface area contributed by atoms with Crippen molar-refractivity contribution in [2.75, 3.05) is 13.7 Å². The van der Waals surface area contributed by atoms with Crippen LogP contribution in [0, 0.1) is 0 Å². The average Bonchev–Trinajstić information content (AvgIpc) is 2.43. The maximum atomic E-state index is 11.9. The van der Waals surface area contributed by atoms with Gasteiger partial charge >= 0.3 is 13.2 Å². The van der Waals surface area contributed by atoms with Crippen molar-refractivity contribution in [3.05, 3.63) is 0 Å². The van der Waals surface area contributed by atoms with E-state index in [1.807, 2.05) is 48.5 Å². The molecule has 1 heterocycles. The molecule has 128 valence electrons. The number of hydrogen-bond acceptors (Lipinski definition) is 5. The molecule has 0 aromatic heterocycles. The second-order valence-corrected chi connectivity index (χ2v) is 7.72. The predicted octanol–water partition coefficient (Wildman–Crippen LogP) is 2.62. The van der Waals surface area contributed by atoms with Crippen molar-refractivity contribution in [2.24, 2.45) is 0 Å². The Labute approximate surface area is 134 Å². The number of methoxy groups -OCH3 is 1. The van der Waals surface area contributed by atoms with Crippen molar-refractivity contribution in [1.29, 1.82) is 0 Å². The van der Waals surface area contributed by atoms with Crippen LogP contribution in [0.15, 0.2) is 0 Å². The zero-order valence-electron chi connectivity index (χ0n) is 15.1. The molecule has 0 spiro atoms. The highest BCUT2D eigenvalue weighted by Crippen LogP contribution is 2.37. The Morgan fingerprint density at radius 2 is 1.68 bits per heavy atom. The molecule has 0 radical (unpaired) electrons. The van der Waals surface area contributed by atoms with E-state index >= 15 is 0 Å². The minimum Gasteiger partial charge on any atom is -0.444 e. The third kappa shape index (κ3) is 5.45. The number of hydrogen-bond donors (Lipinski definition) is 1. The second-order valence-electron chi connectivity index (χ2n) is 7.72. The quantitative estimate of drug-likeness (QED) is 0.790. The lowest BCUT2D eigenvalue weighted by molar-refractivity contribution is 0.00578. The predicted molar refractivity (Wildman–Crippen MR) is 85.9 cm³/mol. The Balaban J connectivity index is 2.60. The molecule has 1 saturated heterocycles. The summed E-state index contributed by atoms with van der Waals surface area (Å²) < 4.78 is 22.3. The van der Waals surface area contributed by atoms with Gasteiger partial charge in [-0.05, 0) is 48.5 Å². The molecule has 1 aliphatic heterocycles. The number of rotatable bonds is 5. The molecule has 0 aromatic carbocycles. The Morgan fingerprint density at radius 3 is 2.09 bits per heavy atom. The summed E-state index contributed by atoms with van der Waals surface area (Å²) in [6.07, 6.45) is 0.0333. The molecule has 1 rings (SSSR count). The van der Waals surface area contributed by atoms with Gasteiger partial charge in [-0.3, -0.25) is 0 Å². The van der Waals surface area contributed by atoms with Crippen LogP contribution in [0.25, 0.3) is 0 Å². The van der Waals surface area contributed by atoms with Gasteiger partial charge < -0.3 is 24.1 Å².